The van der Waals surface area contributed by atoms with E-state index in [2.05, 4.69) is 5.32 Å². The molecule has 0 aliphatic rings. The van der Waals surface area contributed by atoms with Crippen LogP contribution in [0.15, 0.2) is 17.7 Å². The second-order valence-corrected chi connectivity index (χ2v) is 5.83. The fraction of sp³-hybridized carbons (Fsp3) is 0.389. The number of ether oxygens (including phenoxy) is 3. The Hall–Kier alpha value is -2.72. The third kappa shape index (κ3) is 6.30. The third-order valence-electron chi connectivity index (χ3n) is 2.99. The van der Waals surface area contributed by atoms with Gasteiger partial charge in [0.1, 0.15) is 11.6 Å². The highest BCUT2D eigenvalue weighted by molar-refractivity contribution is 6.32. The number of nitrogens with zero attached hydrogens (tertiary/aromatic N) is 1. The van der Waals surface area contributed by atoms with Gasteiger partial charge in [-0.3, -0.25) is 4.79 Å². The summed E-state index contributed by atoms with van der Waals surface area (Å²) < 4.78 is 15.4. The number of amides is 1. The molecule has 0 atom stereocenters. The minimum atomic E-state index is -0.535. The molecule has 0 saturated carbocycles. The molecule has 0 aliphatic carbocycles. The van der Waals surface area contributed by atoms with Gasteiger partial charge in [-0.05, 0) is 44.5 Å². The summed E-state index contributed by atoms with van der Waals surface area (Å²) in [7, 11) is 1.41. The van der Waals surface area contributed by atoms with Crippen molar-refractivity contribution in [2.24, 2.45) is 0 Å². The van der Waals surface area contributed by atoms with E-state index >= 15 is 0 Å². The van der Waals surface area contributed by atoms with Crippen LogP contribution in [0.5, 0.6) is 11.5 Å². The van der Waals surface area contributed by atoms with Crippen LogP contribution in [0, 0.1) is 11.3 Å². The van der Waals surface area contributed by atoms with Crippen molar-refractivity contribution in [1.29, 1.82) is 5.26 Å². The minimum absolute atomic E-state index is 0.0722. The molecule has 0 unspecified atom stereocenters. The average molecular weight is 381 g/mol. The standard InChI is InChI=1S/C18H21ClN2O5/c1-5-25-16(22)10-26-17-14(19)7-12(8-15(17)24-4)6-13(9-20)18(23)21-11(2)3/h6-8,11H,5,10H2,1-4H3,(H,21,23)/b13-6-. The summed E-state index contributed by atoms with van der Waals surface area (Å²) in [6, 6.07) is 4.81. The number of nitrogens with one attached hydrogen (secondary N) is 1. The smallest absolute Gasteiger partial charge is 0.344 e. The van der Waals surface area contributed by atoms with Crippen LogP contribution in [0.2, 0.25) is 5.02 Å². The van der Waals surface area contributed by atoms with Crippen LogP contribution in [0.4, 0.5) is 0 Å². The van der Waals surface area contributed by atoms with E-state index in [0.717, 1.165) is 0 Å². The molecule has 0 spiro atoms. The van der Waals surface area contributed by atoms with Crippen molar-refractivity contribution in [1.82, 2.24) is 5.32 Å². The average Bonchev–Trinajstić information content (AvgIpc) is 2.57. The predicted octanol–water partition coefficient (Wildman–Crippen LogP) is 2.72. The number of methoxy groups -OCH3 is 1. The Morgan fingerprint density at radius 3 is 2.62 bits per heavy atom. The number of nitriles is 1. The fourth-order valence-electron chi connectivity index (χ4n) is 1.95. The first-order valence-electron chi connectivity index (χ1n) is 7.90. The summed E-state index contributed by atoms with van der Waals surface area (Å²) in [6.45, 7) is 5.20. The van der Waals surface area contributed by atoms with Gasteiger partial charge in [0.15, 0.2) is 18.1 Å². The number of carbonyl (C=O) groups is 2. The Balaban J connectivity index is 3.11. The maximum atomic E-state index is 12.0. The van der Waals surface area contributed by atoms with Gasteiger partial charge in [0, 0.05) is 6.04 Å². The van der Waals surface area contributed by atoms with Crippen LogP contribution < -0.4 is 14.8 Å². The number of hydrogen-bond acceptors (Lipinski definition) is 6. The molecule has 0 heterocycles. The highest BCUT2D eigenvalue weighted by Gasteiger charge is 2.15. The summed E-state index contributed by atoms with van der Waals surface area (Å²) >= 11 is 6.19. The zero-order chi connectivity index (χ0) is 19.7. The number of halogens is 1. The second kappa shape index (κ2) is 10.3. The molecule has 8 heteroatoms. The Morgan fingerprint density at radius 1 is 1.38 bits per heavy atom. The van der Waals surface area contributed by atoms with Crippen molar-refractivity contribution in [3.05, 3.63) is 28.3 Å². The molecular weight excluding hydrogens is 360 g/mol. The fourth-order valence-corrected chi connectivity index (χ4v) is 2.23. The lowest BCUT2D eigenvalue weighted by atomic mass is 10.1. The van der Waals surface area contributed by atoms with E-state index in [1.807, 2.05) is 6.07 Å². The van der Waals surface area contributed by atoms with Crippen LogP contribution in [0.3, 0.4) is 0 Å². The van der Waals surface area contributed by atoms with Gasteiger partial charge < -0.3 is 19.5 Å². The van der Waals surface area contributed by atoms with Crippen molar-refractivity contribution in [3.8, 4) is 17.6 Å². The van der Waals surface area contributed by atoms with E-state index in [4.69, 9.17) is 25.8 Å². The van der Waals surface area contributed by atoms with E-state index in [1.54, 1.807) is 26.8 Å². The second-order valence-electron chi connectivity index (χ2n) is 5.43. The summed E-state index contributed by atoms with van der Waals surface area (Å²) in [5, 5.41) is 12.0. The number of benzene rings is 1. The van der Waals surface area contributed by atoms with Gasteiger partial charge in [0.2, 0.25) is 0 Å². The maximum absolute atomic E-state index is 12.0. The first-order valence-corrected chi connectivity index (χ1v) is 8.28. The lowest BCUT2D eigenvalue weighted by molar-refractivity contribution is -0.145. The zero-order valence-corrected chi connectivity index (χ0v) is 15.8. The zero-order valence-electron chi connectivity index (χ0n) is 15.1. The quantitative estimate of drug-likeness (QED) is 0.423. The van der Waals surface area contributed by atoms with Crippen LogP contribution in [0.25, 0.3) is 6.08 Å². The maximum Gasteiger partial charge on any atom is 0.344 e. The van der Waals surface area contributed by atoms with Crippen molar-refractivity contribution >= 4 is 29.6 Å². The Morgan fingerprint density at radius 2 is 2.08 bits per heavy atom. The number of rotatable bonds is 8. The Kier molecular flexibility index (Phi) is 8.46. The van der Waals surface area contributed by atoms with Crippen LogP contribution in [-0.4, -0.2) is 38.2 Å². The van der Waals surface area contributed by atoms with Crippen molar-refractivity contribution in [2.75, 3.05) is 20.3 Å². The highest BCUT2D eigenvalue weighted by atomic mass is 35.5. The van der Waals surface area contributed by atoms with Gasteiger partial charge in [0.05, 0.1) is 18.7 Å². The molecule has 0 radical (unpaired) electrons. The van der Waals surface area contributed by atoms with Gasteiger partial charge in [-0.1, -0.05) is 11.6 Å². The van der Waals surface area contributed by atoms with Gasteiger partial charge in [-0.15, -0.1) is 0 Å². The molecule has 1 aromatic carbocycles. The molecular formula is C18H21ClN2O5. The molecule has 1 N–H and O–H groups in total. The summed E-state index contributed by atoms with van der Waals surface area (Å²) in [4.78, 5) is 23.4. The molecule has 1 aromatic rings. The molecule has 1 amide bonds. The van der Waals surface area contributed by atoms with E-state index in [0.29, 0.717) is 5.56 Å². The third-order valence-corrected chi connectivity index (χ3v) is 3.27. The van der Waals surface area contributed by atoms with Gasteiger partial charge >= 0.3 is 5.97 Å². The number of hydrogen-bond donors (Lipinski definition) is 1. The van der Waals surface area contributed by atoms with Gasteiger partial charge in [-0.2, -0.15) is 5.26 Å². The molecule has 1 rings (SSSR count). The minimum Gasteiger partial charge on any atom is -0.493 e. The largest absolute Gasteiger partial charge is 0.493 e. The van der Waals surface area contributed by atoms with Crippen molar-refractivity contribution in [2.45, 2.75) is 26.8 Å². The molecule has 7 nitrogen and oxygen atoms in total. The topological polar surface area (TPSA) is 97.7 Å². The van der Waals surface area contributed by atoms with Gasteiger partial charge in [-0.25, -0.2) is 4.79 Å². The predicted molar refractivity (Wildman–Crippen MR) is 97.0 cm³/mol. The number of carbonyl (C=O) groups excluding carboxylic acids is 2. The molecule has 0 fully saturated rings. The van der Waals surface area contributed by atoms with E-state index in [1.165, 1.54) is 19.3 Å². The SMILES string of the molecule is CCOC(=O)COc1c(Cl)cc(/C=C(/C#N)C(=O)NC(C)C)cc1OC. The first-order chi connectivity index (χ1) is 12.3. The summed E-state index contributed by atoms with van der Waals surface area (Å²) in [5.74, 6) is -0.592. The molecule has 140 valence electrons. The van der Waals surface area contributed by atoms with Crippen LogP contribution in [-0.2, 0) is 14.3 Å². The molecule has 0 bridgehead atoms. The lowest BCUT2D eigenvalue weighted by Crippen LogP contribution is -2.30. The first kappa shape index (κ1) is 21.3. The normalized spacial score (nSPS) is 10.9. The molecule has 0 aliphatic heterocycles. The number of esters is 1. The Labute approximate surface area is 157 Å². The monoisotopic (exact) mass is 380 g/mol. The molecule has 0 aromatic heterocycles. The van der Waals surface area contributed by atoms with Crippen molar-refractivity contribution < 1.29 is 23.8 Å². The summed E-state index contributed by atoms with van der Waals surface area (Å²) in [5.41, 5.74) is 0.405. The van der Waals surface area contributed by atoms with Crippen LogP contribution >= 0.6 is 11.6 Å². The Bertz CT molecular complexity index is 738. The molecule has 26 heavy (non-hydrogen) atoms. The van der Waals surface area contributed by atoms with E-state index in [-0.39, 0.29) is 41.4 Å². The van der Waals surface area contributed by atoms with E-state index in [9.17, 15) is 14.9 Å². The van der Waals surface area contributed by atoms with E-state index < -0.39 is 11.9 Å². The van der Waals surface area contributed by atoms with Crippen molar-refractivity contribution in [3.63, 3.8) is 0 Å². The highest BCUT2D eigenvalue weighted by Crippen LogP contribution is 2.37. The van der Waals surface area contributed by atoms with Gasteiger partial charge in [0.25, 0.3) is 5.91 Å². The van der Waals surface area contributed by atoms with Crippen LogP contribution in [0.1, 0.15) is 26.3 Å². The summed E-state index contributed by atoms with van der Waals surface area (Å²) in [6.07, 6.45) is 1.39. The lowest BCUT2D eigenvalue weighted by Gasteiger charge is -2.13. The molecule has 0 saturated heterocycles.